The molecule has 0 unspecified atom stereocenters. The summed E-state index contributed by atoms with van der Waals surface area (Å²) in [6, 6.07) is 17.6. The van der Waals surface area contributed by atoms with Crippen molar-refractivity contribution in [2.75, 3.05) is 11.5 Å². The smallest absolute Gasteiger partial charge is 0.247 e. The zero-order valence-electron chi connectivity index (χ0n) is 16.4. The van der Waals surface area contributed by atoms with E-state index in [1.54, 1.807) is 17.1 Å². The Morgan fingerprint density at radius 1 is 1.11 bits per heavy atom. The van der Waals surface area contributed by atoms with Crippen LogP contribution >= 0.6 is 0 Å². The second kappa shape index (κ2) is 8.74. The molecule has 0 aromatic heterocycles. The van der Waals surface area contributed by atoms with E-state index in [1.807, 2.05) is 42.5 Å². The first kappa shape index (κ1) is 20.3. The summed E-state index contributed by atoms with van der Waals surface area (Å²) in [6.07, 6.45) is 3.82. The monoisotopic (exact) mass is 397 g/mol. The van der Waals surface area contributed by atoms with Crippen LogP contribution in [0.4, 0.5) is 0 Å². The van der Waals surface area contributed by atoms with E-state index in [-0.39, 0.29) is 23.5 Å². The molecule has 4 nitrogen and oxygen atoms in total. The first-order chi connectivity index (χ1) is 13.3. The number of rotatable bonds is 6. The quantitative estimate of drug-likeness (QED) is 0.691. The van der Waals surface area contributed by atoms with Crippen LogP contribution < -0.4 is 0 Å². The Morgan fingerprint density at radius 2 is 1.79 bits per heavy atom. The van der Waals surface area contributed by atoms with Gasteiger partial charge in [0, 0.05) is 18.7 Å². The minimum absolute atomic E-state index is 0.0436. The summed E-state index contributed by atoms with van der Waals surface area (Å²) in [5, 5.41) is 0. The molecule has 0 bridgehead atoms. The van der Waals surface area contributed by atoms with Gasteiger partial charge >= 0.3 is 0 Å². The van der Waals surface area contributed by atoms with E-state index in [9.17, 15) is 13.2 Å². The zero-order valence-corrected chi connectivity index (χ0v) is 17.2. The standard InChI is InChI=1S/C23H27NO3S/c1-18(2)21-11-8-20(9-12-21)16-24(22-14-15-28(26,27)17-22)23(25)13-10-19-6-4-3-5-7-19/h3-13,18,22H,14-17H2,1-2H3/b13-10+/t22-/m0/s1. The molecule has 1 atom stereocenters. The highest BCUT2D eigenvalue weighted by atomic mass is 32.2. The molecule has 0 radical (unpaired) electrons. The molecule has 28 heavy (non-hydrogen) atoms. The summed E-state index contributed by atoms with van der Waals surface area (Å²) >= 11 is 0. The average Bonchev–Trinajstić information content (AvgIpc) is 3.05. The Balaban J connectivity index is 1.80. The average molecular weight is 398 g/mol. The molecule has 1 saturated heterocycles. The maximum Gasteiger partial charge on any atom is 0.247 e. The zero-order chi connectivity index (χ0) is 20.1. The first-order valence-corrected chi connectivity index (χ1v) is 11.5. The third-order valence-electron chi connectivity index (χ3n) is 5.15. The van der Waals surface area contributed by atoms with E-state index in [1.165, 1.54) is 5.56 Å². The van der Waals surface area contributed by atoms with E-state index < -0.39 is 9.84 Å². The molecule has 1 aliphatic rings. The summed E-state index contributed by atoms with van der Waals surface area (Å²) in [7, 11) is -3.07. The van der Waals surface area contributed by atoms with Crippen LogP contribution in [-0.4, -0.2) is 36.8 Å². The third kappa shape index (κ3) is 5.32. The van der Waals surface area contributed by atoms with Crippen molar-refractivity contribution in [2.24, 2.45) is 0 Å². The van der Waals surface area contributed by atoms with Crippen molar-refractivity contribution < 1.29 is 13.2 Å². The molecule has 2 aromatic carbocycles. The van der Waals surface area contributed by atoms with Crippen molar-refractivity contribution in [3.05, 3.63) is 77.4 Å². The SMILES string of the molecule is CC(C)c1ccc(CN(C(=O)/C=C/c2ccccc2)[C@H]2CCS(=O)(=O)C2)cc1. The van der Waals surface area contributed by atoms with E-state index in [2.05, 4.69) is 26.0 Å². The minimum Gasteiger partial charge on any atom is -0.331 e. The minimum atomic E-state index is -3.07. The molecule has 0 spiro atoms. The van der Waals surface area contributed by atoms with Gasteiger partial charge in [0.15, 0.2) is 9.84 Å². The normalized spacial score (nSPS) is 18.6. The van der Waals surface area contributed by atoms with Crippen molar-refractivity contribution in [3.8, 4) is 0 Å². The van der Waals surface area contributed by atoms with Gasteiger partial charge in [-0.15, -0.1) is 0 Å². The van der Waals surface area contributed by atoms with Crippen molar-refractivity contribution in [1.29, 1.82) is 0 Å². The lowest BCUT2D eigenvalue weighted by Gasteiger charge is -2.27. The fourth-order valence-corrected chi connectivity index (χ4v) is 5.17. The Kier molecular flexibility index (Phi) is 6.35. The molecular formula is C23H27NO3S. The van der Waals surface area contributed by atoms with Crippen LogP contribution in [0.5, 0.6) is 0 Å². The molecule has 1 heterocycles. The van der Waals surface area contributed by atoms with E-state index in [4.69, 9.17) is 0 Å². The highest BCUT2D eigenvalue weighted by molar-refractivity contribution is 7.91. The number of hydrogen-bond acceptors (Lipinski definition) is 3. The van der Waals surface area contributed by atoms with Gasteiger partial charge in [0.25, 0.3) is 0 Å². The summed E-state index contributed by atoms with van der Waals surface area (Å²) < 4.78 is 23.9. The lowest BCUT2D eigenvalue weighted by atomic mass is 10.0. The molecule has 3 rings (SSSR count). The number of carbonyl (C=O) groups excluding carboxylic acids is 1. The van der Waals surface area contributed by atoms with Crippen LogP contribution in [0.1, 0.15) is 42.9 Å². The number of hydrogen-bond donors (Lipinski definition) is 0. The number of amides is 1. The summed E-state index contributed by atoms with van der Waals surface area (Å²) in [4.78, 5) is 14.6. The lowest BCUT2D eigenvalue weighted by molar-refractivity contribution is -0.128. The Hall–Kier alpha value is -2.40. The predicted octanol–water partition coefficient (Wildman–Crippen LogP) is 4.04. The van der Waals surface area contributed by atoms with E-state index in [0.717, 1.165) is 11.1 Å². The van der Waals surface area contributed by atoms with E-state index >= 15 is 0 Å². The summed E-state index contributed by atoms with van der Waals surface area (Å²) in [6.45, 7) is 4.70. The van der Waals surface area contributed by atoms with Crippen molar-refractivity contribution in [2.45, 2.75) is 38.8 Å². The Morgan fingerprint density at radius 3 is 2.36 bits per heavy atom. The van der Waals surface area contributed by atoms with Gasteiger partial charge in [-0.3, -0.25) is 4.79 Å². The number of nitrogens with zero attached hydrogens (tertiary/aromatic N) is 1. The van der Waals surface area contributed by atoms with Crippen molar-refractivity contribution in [1.82, 2.24) is 4.90 Å². The number of benzene rings is 2. The van der Waals surface area contributed by atoms with Gasteiger partial charge in [-0.2, -0.15) is 0 Å². The first-order valence-electron chi connectivity index (χ1n) is 9.67. The van der Waals surface area contributed by atoms with Crippen LogP contribution in [0.3, 0.4) is 0 Å². The van der Waals surface area contributed by atoms with Gasteiger partial charge in [-0.1, -0.05) is 68.4 Å². The molecule has 2 aromatic rings. The molecule has 5 heteroatoms. The van der Waals surface area contributed by atoms with Gasteiger partial charge < -0.3 is 4.90 Å². The van der Waals surface area contributed by atoms with Crippen LogP contribution in [0.25, 0.3) is 6.08 Å². The highest BCUT2D eigenvalue weighted by Gasteiger charge is 2.34. The van der Waals surface area contributed by atoms with Crippen molar-refractivity contribution in [3.63, 3.8) is 0 Å². The molecule has 148 valence electrons. The van der Waals surface area contributed by atoms with Crippen molar-refractivity contribution >= 4 is 21.8 Å². The second-order valence-electron chi connectivity index (χ2n) is 7.66. The summed E-state index contributed by atoms with van der Waals surface area (Å²) in [5.41, 5.74) is 3.19. The van der Waals surface area contributed by atoms with Crippen LogP contribution in [0.2, 0.25) is 0 Å². The summed E-state index contributed by atoms with van der Waals surface area (Å²) in [5.74, 6) is 0.484. The predicted molar refractivity (Wildman–Crippen MR) is 114 cm³/mol. The van der Waals surface area contributed by atoms with Gasteiger partial charge in [-0.05, 0) is 35.1 Å². The fourth-order valence-electron chi connectivity index (χ4n) is 3.44. The number of sulfone groups is 1. The van der Waals surface area contributed by atoms with Gasteiger partial charge in [0.2, 0.25) is 5.91 Å². The van der Waals surface area contributed by atoms with Gasteiger partial charge in [0.05, 0.1) is 11.5 Å². The van der Waals surface area contributed by atoms with Crippen LogP contribution in [-0.2, 0) is 21.2 Å². The fraction of sp³-hybridized carbons (Fsp3) is 0.348. The maximum absolute atomic E-state index is 12.9. The third-order valence-corrected chi connectivity index (χ3v) is 6.90. The lowest BCUT2D eigenvalue weighted by Crippen LogP contribution is -2.39. The van der Waals surface area contributed by atoms with Gasteiger partial charge in [0.1, 0.15) is 0 Å². The number of carbonyl (C=O) groups is 1. The molecule has 1 aliphatic heterocycles. The van der Waals surface area contributed by atoms with E-state index in [0.29, 0.717) is 18.9 Å². The second-order valence-corrected chi connectivity index (χ2v) is 9.89. The molecule has 0 aliphatic carbocycles. The van der Waals surface area contributed by atoms with Crippen LogP contribution in [0.15, 0.2) is 60.7 Å². The van der Waals surface area contributed by atoms with Gasteiger partial charge in [-0.25, -0.2) is 8.42 Å². The molecule has 1 fully saturated rings. The molecule has 0 saturated carbocycles. The van der Waals surface area contributed by atoms with Crippen LogP contribution in [0, 0.1) is 0 Å². The largest absolute Gasteiger partial charge is 0.331 e. The Labute approximate surface area is 167 Å². The molecule has 1 amide bonds. The molecular weight excluding hydrogens is 370 g/mol. The Bertz CT molecular complexity index is 932. The molecule has 0 N–H and O–H groups in total. The topological polar surface area (TPSA) is 54.5 Å². The maximum atomic E-state index is 12.9. The highest BCUT2D eigenvalue weighted by Crippen LogP contribution is 2.22.